The molecule has 1 aromatic carbocycles. The first kappa shape index (κ1) is 15.3. The number of methoxy groups -OCH3 is 1. The van der Waals surface area contributed by atoms with E-state index < -0.39 is 17.8 Å². The smallest absolute Gasteiger partial charge is 0.416 e. The van der Waals surface area contributed by atoms with Crippen LogP contribution in [0.4, 0.5) is 13.2 Å². The highest BCUT2D eigenvalue weighted by molar-refractivity contribution is 5.43. The summed E-state index contributed by atoms with van der Waals surface area (Å²) < 4.78 is 44.5. The van der Waals surface area contributed by atoms with Gasteiger partial charge in [0.1, 0.15) is 5.75 Å². The maximum atomic E-state index is 13.1. The maximum Gasteiger partial charge on any atom is 0.416 e. The van der Waals surface area contributed by atoms with Crippen LogP contribution < -0.4 is 16.0 Å². The van der Waals surface area contributed by atoms with Crippen molar-refractivity contribution in [3.63, 3.8) is 0 Å². The number of benzene rings is 1. The zero-order chi connectivity index (χ0) is 15.5. The highest BCUT2D eigenvalue weighted by Crippen LogP contribution is 2.37. The van der Waals surface area contributed by atoms with E-state index in [1.54, 1.807) is 6.07 Å². The summed E-state index contributed by atoms with van der Waals surface area (Å²) in [6.07, 6.45) is -1.57. The molecule has 0 bridgehead atoms. The molecule has 0 aliphatic carbocycles. The van der Waals surface area contributed by atoms with Crippen molar-refractivity contribution >= 4 is 0 Å². The molecule has 0 amide bonds. The lowest BCUT2D eigenvalue weighted by Gasteiger charge is -2.22. The minimum Gasteiger partial charge on any atom is -0.495 e. The average Bonchev–Trinajstić information content (AvgIpc) is 2.48. The molecule has 0 aliphatic heterocycles. The number of nitrogens with one attached hydrogen (secondary N) is 1. The molecule has 2 rings (SSSR count). The van der Waals surface area contributed by atoms with Gasteiger partial charge in [-0.05, 0) is 17.7 Å². The van der Waals surface area contributed by atoms with Crippen molar-refractivity contribution in [2.75, 3.05) is 7.11 Å². The van der Waals surface area contributed by atoms with Crippen LogP contribution in [0.15, 0.2) is 42.7 Å². The number of aromatic nitrogens is 1. The zero-order valence-electron chi connectivity index (χ0n) is 11.2. The van der Waals surface area contributed by atoms with Gasteiger partial charge in [-0.1, -0.05) is 18.2 Å². The first-order chi connectivity index (χ1) is 9.99. The fourth-order valence-corrected chi connectivity index (χ4v) is 2.15. The Hall–Kier alpha value is -2.12. The van der Waals surface area contributed by atoms with Gasteiger partial charge in [0.15, 0.2) is 0 Å². The van der Waals surface area contributed by atoms with Crippen LogP contribution in [-0.2, 0) is 6.18 Å². The minimum atomic E-state index is -4.47. The van der Waals surface area contributed by atoms with Crippen LogP contribution in [0.2, 0.25) is 0 Å². The molecule has 112 valence electrons. The van der Waals surface area contributed by atoms with Crippen LogP contribution in [0.25, 0.3) is 0 Å². The topological polar surface area (TPSA) is 60.2 Å². The van der Waals surface area contributed by atoms with Gasteiger partial charge < -0.3 is 4.74 Å². The van der Waals surface area contributed by atoms with E-state index in [0.29, 0.717) is 11.3 Å². The molecule has 1 unspecified atom stereocenters. The summed E-state index contributed by atoms with van der Waals surface area (Å²) in [5.41, 5.74) is 2.17. The molecule has 1 atom stereocenters. The van der Waals surface area contributed by atoms with Crippen molar-refractivity contribution in [1.29, 1.82) is 0 Å². The molecule has 0 radical (unpaired) electrons. The van der Waals surface area contributed by atoms with E-state index >= 15 is 0 Å². The van der Waals surface area contributed by atoms with E-state index in [0.717, 1.165) is 6.07 Å². The van der Waals surface area contributed by atoms with Crippen molar-refractivity contribution in [1.82, 2.24) is 10.4 Å². The Morgan fingerprint density at radius 3 is 2.52 bits per heavy atom. The van der Waals surface area contributed by atoms with E-state index in [4.69, 9.17) is 10.6 Å². The van der Waals surface area contributed by atoms with Crippen LogP contribution in [0.3, 0.4) is 0 Å². The molecule has 21 heavy (non-hydrogen) atoms. The molecule has 0 spiro atoms. The Labute approximate surface area is 119 Å². The summed E-state index contributed by atoms with van der Waals surface area (Å²) in [7, 11) is 1.42. The fourth-order valence-electron chi connectivity index (χ4n) is 2.15. The highest BCUT2D eigenvalue weighted by atomic mass is 19.4. The fraction of sp³-hybridized carbons (Fsp3) is 0.214. The number of hydrogen-bond acceptors (Lipinski definition) is 4. The Morgan fingerprint density at radius 1 is 1.19 bits per heavy atom. The largest absolute Gasteiger partial charge is 0.495 e. The summed E-state index contributed by atoms with van der Waals surface area (Å²) in [5.74, 6) is 5.84. The molecule has 0 fully saturated rings. The number of alkyl halides is 3. The summed E-state index contributed by atoms with van der Waals surface area (Å²) in [5, 5.41) is 0. The lowest BCUT2D eigenvalue weighted by molar-refractivity contribution is -0.138. The summed E-state index contributed by atoms with van der Waals surface area (Å²) in [6.45, 7) is 0. The van der Waals surface area contributed by atoms with E-state index in [-0.39, 0.29) is 5.56 Å². The number of ether oxygens (including phenoxy) is 1. The number of pyridine rings is 1. The monoisotopic (exact) mass is 297 g/mol. The van der Waals surface area contributed by atoms with Crippen LogP contribution in [0.1, 0.15) is 22.7 Å². The zero-order valence-corrected chi connectivity index (χ0v) is 11.2. The van der Waals surface area contributed by atoms with Gasteiger partial charge in [-0.3, -0.25) is 10.8 Å². The van der Waals surface area contributed by atoms with Gasteiger partial charge >= 0.3 is 6.18 Å². The number of nitrogens with two attached hydrogens (primary N) is 1. The highest BCUT2D eigenvalue weighted by Gasteiger charge is 2.35. The van der Waals surface area contributed by atoms with Crippen molar-refractivity contribution in [3.8, 4) is 5.75 Å². The second-order valence-electron chi connectivity index (χ2n) is 4.30. The maximum absolute atomic E-state index is 13.1. The van der Waals surface area contributed by atoms with Gasteiger partial charge in [0.2, 0.25) is 0 Å². The molecular weight excluding hydrogens is 283 g/mol. The van der Waals surface area contributed by atoms with Crippen LogP contribution >= 0.6 is 0 Å². The number of rotatable bonds is 4. The minimum absolute atomic E-state index is 0.0250. The van der Waals surface area contributed by atoms with Gasteiger partial charge in [0, 0.05) is 11.8 Å². The predicted octanol–water partition coefficient (Wildman–Crippen LogP) is 2.66. The van der Waals surface area contributed by atoms with Gasteiger partial charge in [-0.2, -0.15) is 13.2 Å². The lowest BCUT2D eigenvalue weighted by atomic mass is 9.94. The lowest BCUT2D eigenvalue weighted by Crippen LogP contribution is -2.31. The van der Waals surface area contributed by atoms with Gasteiger partial charge in [-0.25, -0.2) is 5.43 Å². The molecule has 1 aromatic heterocycles. The molecule has 3 N–H and O–H groups in total. The van der Waals surface area contributed by atoms with Gasteiger partial charge in [-0.15, -0.1) is 0 Å². The standard InChI is InChI=1S/C14H14F3N3O/c1-21-12-8-19-7-6-10(12)13(20-18)9-4-2-3-5-11(9)14(15,16)17/h2-8,13,20H,18H2,1H3. The third-order valence-corrected chi connectivity index (χ3v) is 3.09. The predicted molar refractivity (Wildman–Crippen MR) is 71.4 cm³/mol. The Balaban J connectivity index is 2.58. The average molecular weight is 297 g/mol. The third kappa shape index (κ3) is 3.14. The van der Waals surface area contributed by atoms with Crippen molar-refractivity contribution in [2.24, 2.45) is 5.84 Å². The second-order valence-corrected chi connectivity index (χ2v) is 4.30. The molecule has 1 heterocycles. The van der Waals surface area contributed by atoms with Crippen molar-refractivity contribution < 1.29 is 17.9 Å². The number of nitrogens with zero attached hydrogens (tertiary/aromatic N) is 1. The molecule has 4 nitrogen and oxygen atoms in total. The number of halogens is 3. The summed E-state index contributed by atoms with van der Waals surface area (Å²) in [6, 6.07) is 5.98. The second kappa shape index (κ2) is 6.11. The normalized spacial score (nSPS) is 13.0. The first-order valence-electron chi connectivity index (χ1n) is 6.09. The Bertz CT molecular complexity index is 616. The van der Waals surface area contributed by atoms with E-state index in [1.807, 2.05) is 0 Å². The van der Waals surface area contributed by atoms with Gasteiger partial charge in [0.25, 0.3) is 0 Å². The first-order valence-corrected chi connectivity index (χ1v) is 6.09. The number of hydrazine groups is 1. The molecule has 0 aliphatic rings. The van der Waals surface area contributed by atoms with E-state index in [2.05, 4.69) is 10.4 Å². The van der Waals surface area contributed by atoms with Crippen LogP contribution in [0, 0.1) is 0 Å². The van der Waals surface area contributed by atoms with Crippen LogP contribution in [0.5, 0.6) is 5.75 Å². The van der Waals surface area contributed by atoms with Crippen molar-refractivity contribution in [2.45, 2.75) is 12.2 Å². The Morgan fingerprint density at radius 2 is 1.90 bits per heavy atom. The van der Waals surface area contributed by atoms with Crippen molar-refractivity contribution in [3.05, 3.63) is 59.4 Å². The third-order valence-electron chi connectivity index (χ3n) is 3.09. The molecule has 0 saturated heterocycles. The Kier molecular flexibility index (Phi) is 4.44. The summed E-state index contributed by atoms with van der Waals surface area (Å²) >= 11 is 0. The van der Waals surface area contributed by atoms with E-state index in [9.17, 15) is 13.2 Å². The molecular formula is C14H14F3N3O. The molecule has 0 saturated carbocycles. The number of hydrogen-bond donors (Lipinski definition) is 2. The quantitative estimate of drug-likeness (QED) is 0.673. The van der Waals surface area contributed by atoms with Gasteiger partial charge in [0.05, 0.1) is 24.9 Å². The van der Waals surface area contributed by atoms with E-state index in [1.165, 1.54) is 37.7 Å². The molecule has 2 aromatic rings. The SMILES string of the molecule is COc1cnccc1C(NN)c1ccccc1C(F)(F)F. The molecule has 7 heteroatoms. The van der Waals surface area contributed by atoms with Crippen LogP contribution in [-0.4, -0.2) is 12.1 Å². The summed E-state index contributed by atoms with van der Waals surface area (Å²) in [4.78, 5) is 3.88.